The normalized spacial score (nSPS) is 10.9. The summed E-state index contributed by atoms with van der Waals surface area (Å²) in [6.07, 6.45) is 1.61. The third kappa shape index (κ3) is 3.23. The van der Waals surface area contributed by atoms with E-state index >= 15 is 0 Å². The Morgan fingerprint density at radius 1 is 1.26 bits per heavy atom. The molecule has 0 radical (unpaired) electrons. The van der Waals surface area contributed by atoms with Crippen LogP contribution in [0.25, 0.3) is 0 Å². The van der Waals surface area contributed by atoms with Gasteiger partial charge in [0.25, 0.3) is 5.91 Å². The van der Waals surface area contributed by atoms with Crippen molar-refractivity contribution >= 4 is 23.7 Å². The summed E-state index contributed by atoms with van der Waals surface area (Å²) in [5.41, 5.74) is 5.05. The fraction of sp³-hybridized carbons (Fsp3) is 0.143. The predicted octanol–water partition coefficient (Wildman–Crippen LogP) is 2.75. The Labute approximate surface area is 116 Å². The van der Waals surface area contributed by atoms with E-state index in [1.54, 1.807) is 30.5 Å². The number of hydrazone groups is 1. The lowest BCUT2D eigenvalue weighted by Gasteiger charge is -2.01. The van der Waals surface area contributed by atoms with Crippen molar-refractivity contribution in [3.63, 3.8) is 0 Å². The molecule has 0 atom stereocenters. The van der Waals surface area contributed by atoms with Crippen molar-refractivity contribution in [1.29, 1.82) is 0 Å². The molecule has 5 heteroatoms. The first-order chi connectivity index (χ1) is 9.08. The van der Waals surface area contributed by atoms with Crippen LogP contribution in [0.5, 0.6) is 0 Å². The van der Waals surface area contributed by atoms with Crippen LogP contribution in [0.4, 0.5) is 0 Å². The Morgan fingerprint density at radius 3 is 2.53 bits per heavy atom. The van der Waals surface area contributed by atoms with Gasteiger partial charge >= 0.3 is 0 Å². The van der Waals surface area contributed by atoms with Crippen molar-refractivity contribution < 1.29 is 4.79 Å². The van der Waals surface area contributed by atoms with Gasteiger partial charge in [-0.2, -0.15) is 5.10 Å². The van der Waals surface area contributed by atoms with Gasteiger partial charge in [-0.05, 0) is 43.3 Å². The first-order valence-corrected chi connectivity index (χ1v) is 6.17. The first-order valence-electron chi connectivity index (χ1n) is 5.79. The molecule has 1 N–H and O–H groups in total. The zero-order valence-corrected chi connectivity index (χ0v) is 11.5. The minimum absolute atomic E-state index is 0.265. The molecule has 1 aromatic heterocycles. The van der Waals surface area contributed by atoms with E-state index < -0.39 is 0 Å². The summed E-state index contributed by atoms with van der Waals surface area (Å²) in [6.45, 7) is 2.00. The van der Waals surface area contributed by atoms with Gasteiger partial charge in [0.15, 0.2) is 0 Å². The Hall–Kier alpha value is -2.07. The highest BCUT2D eigenvalue weighted by atomic mass is 35.5. The summed E-state index contributed by atoms with van der Waals surface area (Å²) in [6, 6.07) is 10.6. The van der Waals surface area contributed by atoms with E-state index in [1.165, 1.54) is 0 Å². The van der Waals surface area contributed by atoms with Gasteiger partial charge in [-0.25, -0.2) is 5.43 Å². The molecule has 0 saturated carbocycles. The van der Waals surface area contributed by atoms with E-state index in [0.717, 1.165) is 11.4 Å². The van der Waals surface area contributed by atoms with Crippen molar-refractivity contribution in [2.45, 2.75) is 6.92 Å². The van der Waals surface area contributed by atoms with Crippen LogP contribution in [0.15, 0.2) is 41.5 Å². The zero-order chi connectivity index (χ0) is 13.8. The zero-order valence-electron chi connectivity index (χ0n) is 10.7. The molecule has 1 amide bonds. The molecule has 0 saturated heterocycles. The highest BCUT2D eigenvalue weighted by Gasteiger charge is 2.03. The summed E-state index contributed by atoms with van der Waals surface area (Å²) < 4.78 is 1.98. The second-order valence-corrected chi connectivity index (χ2v) is 4.60. The topological polar surface area (TPSA) is 46.4 Å². The molecule has 0 bridgehead atoms. The first kappa shape index (κ1) is 13.4. The van der Waals surface area contributed by atoms with Crippen LogP contribution in [-0.4, -0.2) is 16.7 Å². The Kier molecular flexibility index (Phi) is 4.02. The number of hydrogen-bond acceptors (Lipinski definition) is 2. The number of carbonyl (C=O) groups excluding carboxylic acids is 1. The molecule has 0 unspecified atom stereocenters. The van der Waals surface area contributed by atoms with Gasteiger partial charge in [0.05, 0.1) is 11.9 Å². The van der Waals surface area contributed by atoms with Gasteiger partial charge in [-0.1, -0.05) is 11.6 Å². The lowest BCUT2D eigenvalue weighted by atomic mass is 10.2. The standard InChI is InChI=1S/C14H14ClN3O/c1-10-3-8-13(18(10)2)9-16-17-14(19)11-4-6-12(15)7-5-11/h3-9H,1-2H3,(H,17,19)/b16-9+. The SMILES string of the molecule is Cc1ccc(/C=N/NC(=O)c2ccc(Cl)cc2)n1C. The minimum Gasteiger partial charge on any atom is -0.347 e. The third-order valence-electron chi connectivity index (χ3n) is 2.88. The number of nitrogens with one attached hydrogen (secondary N) is 1. The second-order valence-electron chi connectivity index (χ2n) is 4.16. The lowest BCUT2D eigenvalue weighted by Crippen LogP contribution is -2.17. The van der Waals surface area contributed by atoms with Crippen LogP contribution < -0.4 is 5.43 Å². The average molecular weight is 276 g/mol. The smallest absolute Gasteiger partial charge is 0.271 e. The molecule has 1 heterocycles. The van der Waals surface area contributed by atoms with Gasteiger partial charge in [-0.3, -0.25) is 4.79 Å². The molecule has 0 aliphatic rings. The summed E-state index contributed by atoms with van der Waals surface area (Å²) in [5.74, 6) is -0.265. The van der Waals surface area contributed by atoms with E-state index in [9.17, 15) is 4.79 Å². The van der Waals surface area contributed by atoms with Crippen LogP contribution in [0, 0.1) is 6.92 Å². The van der Waals surface area contributed by atoms with E-state index in [1.807, 2.05) is 30.7 Å². The van der Waals surface area contributed by atoms with Crippen LogP contribution in [0.3, 0.4) is 0 Å². The Bertz CT molecular complexity index is 614. The molecular weight excluding hydrogens is 262 g/mol. The second kappa shape index (κ2) is 5.71. The van der Waals surface area contributed by atoms with Gasteiger partial charge < -0.3 is 4.57 Å². The number of amides is 1. The molecular formula is C14H14ClN3O. The van der Waals surface area contributed by atoms with Crippen LogP contribution >= 0.6 is 11.6 Å². The predicted molar refractivity (Wildman–Crippen MR) is 76.7 cm³/mol. The third-order valence-corrected chi connectivity index (χ3v) is 3.13. The van der Waals surface area contributed by atoms with E-state index in [2.05, 4.69) is 10.5 Å². The number of hydrogen-bond donors (Lipinski definition) is 1. The minimum atomic E-state index is -0.265. The molecule has 0 fully saturated rings. The van der Waals surface area contributed by atoms with Crippen molar-refractivity contribution in [3.05, 3.63) is 58.4 Å². The van der Waals surface area contributed by atoms with Crippen molar-refractivity contribution in [2.75, 3.05) is 0 Å². The number of benzene rings is 1. The summed E-state index contributed by atoms with van der Waals surface area (Å²) in [5, 5.41) is 4.53. The molecule has 4 nitrogen and oxygen atoms in total. The Morgan fingerprint density at radius 2 is 1.95 bits per heavy atom. The van der Waals surface area contributed by atoms with Gasteiger partial charge in [0.1, 0.15) is 0 Å². The number of aromatic nitrogens is 1. The quantitative estimate of drug-likeness (QED) is 0.679. The molecule has 0 aliphatic carbocycles. The fourth-order valence-corrected chi connectivity index (χ4v) is 1.71. The fourth-order valence-electron chi connectivity index (χ4n) is 1.59. The van der Waals surface area contributed by atoms with E-state index in [0.29, 0.717) is 10.6 Å². The molecule has 0 aliphatic heterocycles. The monoisotopic (exact) mass is 275 g/mol. The number of nitrogens with zero attached hydrogens (tertiary/aromatic N) is 2. The lowest BCUT2D eigenvalue weighted by molar-refractivity contribution is 0.0955. The molecule has 2 rings (SSSR count). The number of aryl methyl sites for hydroxylation is 1. The molecule has 1 aromatic carbocycles. The van der Waals surface area contributed by atoms with Gasteiger partial charge in [0.2, 0.25) is 0 Å². The largest absolute Gasteiger partial charge is 0.347 e. The van der Waals surface area contributed by atoms with Crippen LogP contribution in [0.1, 0.15) is 21.7 Å². The maximum Gasteiger partial charge on any atom is 0.271 e. The van der Waals surface area contributed by atoms with Crippen LogP contribution in [0.2, 0.25) is 5.02 Å². The average Bonchev–Trinajstić information content (AvgIpc) is 2.71. The molecule has 0 spiro atoms. The summed E-state index contributed by atoms with van der Waals surface area (Å²) in [4.78, 5) is 11.8. The molecule has 98 valence electrons. The summed E-state index contributed by atoms with van der Waals surface area (Å²) >= 11 is 5.76. The number of rotatable bonds is 3. The van der Waals surface area contributed by atoms with Crippen molar-refractivity contribution in [3.8, 4) is 0 Å². The van der Waals surface area contributed by atoms with Crippen molar-refractivity contribution in [1.82, 2.24) is 9.99 Å². The number of carbonyl (C=O) groups is 1. The highest BCUT2D eigenvalue weighted by molar-refractivity contribution is 6.30. The summed E-state index contributed by atoms with van der Waals surface area (Å²) in [7, 11) is 1.94. The van der Waals surface area contributed by atoms with Gasteiger partial charge in [0, 0.05) is 23.3 Å². The number of halogens is 1. The van der Waals surface area contributed by atoms with E-state index in [-0.39, 0.29) is 5.91 Å². The highest BCUT2D eigenvalue weighted by Crippen LogP contribution is 2.09. The molecule has 2 aromatic rings. The van der Waals surface area contributed by atoms with Gasteiger partial charge in [-0.15, -0.1) is 0 Å². The van der Waals surface area contributed by atoms with Crippen molar-refractivity contribution in [2.24, 2.45) is 12.1 Å². The maximum absolute atomic E-state index is 11.8. The molecule has 19 heavy (non-hydrogen) atoms. The van der Waals surface area contributed by atoms with Crippen LogP contribution in [-0.2, 0) is 7.05 Å². The maximum atomic E-state index is 11.8. The van der Waals surface area contributed by atoms with E-state index in [4.69, 9.17) is 11.6 Å². The Balaban J connectivity index is 2.00.